The summed E-state index contributed by atoms with van der Waals surface area (Å²) in [5.41, 5.74) is 0. The molecule has 0 aromatic rings. The number of aliphatic hydroxyl groups is 1. The van der Waals surface area contributed by atoms with Gasteiger partial charge in [-0.2, -0.15) is 0 Å². The first-order chi connectivity index (χ1) is 3.91. The Morgan fingerprint density at radius 2 is 1.67 bits per heavy atom. The average Bonchev–Trinajstić information content (AvgIpc) is 2.17. The van der Waals surface area contributed by atoms with Crippen LogP contribution in [0.5, 0.6) is 0 Å². The third kappa shape index (κ3) is 11.4. The van der Waals surface area contributed by atoms with E-state index in [0.717, 1.165) is 13.2 Å². The smallest absolute Gasteiger partial charge is 0.0466 e. The van der Waals surface area contributed by atoms with Gasteiger partial charge in [0.1, 0.15) is 0 Å². The fourth-order valence-corrected chi connectivity index (χ4v) is 0.510. The predicted octanol–water partition coefficient (Wildman–Crippen LogP) is -0.0293. The van der Waals surface area contributed by atoms with Gasteiger partial charge < -0.3 is 15.3 Å². The van der Waals surface area contributed by atoms with E-state index in [9.17, 15) is 0 Å². The largest absolute Gasteiger partial charge is 0.412 e. The van der Waals surface area contributed by atoms with Gasteiger partial charge in [-0.15, -0.1) is 0 Å². The van der Waals surface area contributed by atoms with Crippen molar-refractivity contribution in [3.05, 3.63) is 0 Å². The van der Waals surface area contributed by atoms with Crippen LogP contribution in [-0.4, -0.2) is 30.4 Å². The Bertz CT molecular complexity index is 27.7. The van der Waals surface area contributed by atoms with Crippen molar-refractivity contribution in [2.45, 2.75) is 19.8 Å². The summed E-state index contributed by atoms with van der Waals surface area (Å²) in [6.07, 6.45) is 2.56. The maximum Gasteiger partial charge on any atom is 0.0466 e. The molecule has 0 bridgehead atoms. The molecule has 9 heavy (non-hydrogen) atoms. The summed E-state index contributed by atoms with van der Waals surface area (Å²) in [6, 6.07) is 0. The van der Waals surface area contributed by atoms with Crippen molar-refractivity contribution in [2.75, 3.05) is 19.8 Å². The molecule has 0 saturated carbocycles. The molecular weight excluding hydrogens is 120 g/mol. The summed E-state index contributed by atoms with van der Waals surface area (Å²) in [7, 11) is 0. The second-order valence-corrected chi connectivity index (χ2v) is 1.64. The molecule has 1 heterocycles. The predicted molar refractivity (Wildman–Crippen MR) is 36.4 cm³/mol. The highest BCUT2D eigenvalue weighted by atomic mass is 16.5. The zero-order chi connectivity index (χ0) is 6.24. The van der Waals surface area contributed by atoms with Crippen LogP contribution in [0.1, 0.15) is 19.8 Å². The van der Waals surface area contributed by atoms with Gasteiger partial charge in [-0.25, -0.2) is 0 Å². The van der Waals surface area contributed by atoms with Crippen molar-refractivity contribution in [3.63, 3.8) is 0 Å². The van der Waals surface area contributed by atoms with Crippen molar-refractivity contribution < 1.29 is 15.3 Å². The number of hydrogen-bond acceptors (Lipinski definition) is 2. The fourth-order valence-electron chi connectivity index (χ4n) is 0.510. The molecule has 3 nitrogen and oxygen atoms in total. The molecule has 3 heteroatoms. The first-order valence-electron chi connectivity index (χ1n) is 3.10. The van der Waals surface area contributed by atoms with Crippen LogP contribution in [0, 0.1) is 0 Å². The van der Waals surface area contributed by atoms with E-state index < -0.39 is 0 Å². The standard InChI is InChI=1S/C4H8O.C2H6O.H2O/c1-2-4-5-3-1;1-2-3;/h1-4H2;3H,2H2,1H3;1H2. The van der Waals surface area contributed by atoms with Gasteiger partial charge in [0, 0.05) is 19.8 Å². The first-order valence-corrected chi connectivity index (χ1v) is 3.10. The summed E-state index contributed by atoms with van der Waals surface area (Å²) in [6.45, 7) is 3.93. The Labute approximate surface area is 56.0 Å². The third-order valence-electron chi connectivity index (χ3n) is 0.827. The summed E-state index contributed by atoms with van der Waals surface area (Å²) in [5, 5.41) is 7.57. The maximum atomic E-state index is 7.57. The Kier molecular flexibility index (Phi) is 14.0. The Morgan fingerprint density at radius 3 is 1.78 bits per heavy atom. The topological polar surface area (TPSA) is 61.0 Å². The zero-order valence-corrected chi connectivity index (χ0v) is 5.89. The van der Waals surface area contributed by atoms with Crippen molar-refractivity contribution in [1.29, 1.82) is 0 Å². The second-order valence-electron chi connectivity index (χ2n) is 1.64. The van der Waals surface area contributed by atoms with E-state index in [4.69, 9.17) is 9.84 Å². The van der Waals surface area contributed by atoms with Crippen LogP contribution in [0.3, 0.4) is 0 Å². The van der Waals surface area contributed by atoms with E-state index in [-0.39, 0.29) is 12.1 Å². The van der Waals surface area contributed by atoms with E-state index in [2.05, 4.69) is 0 Å². The minimum absolute atomic E-state index is 0. The molecule has 0 unspecified atom stereocenters. The van der Waals surface area contributed by atoms with Gasteiger partial charge in [-0.05, 0) is 19.8 Å². The molecule has 0 spiro atoms. The number of hydrogen-bond donors (Lipinski definition) is 1. The second kappa shape index (κ2) is 10.8. The summed E-state index contributed by atoms with van der Waals surface area (Å²) in [4.78, 5) is 0. The molecular formula is C6H16O3. The highest BCUT2D eigenvalue weighted by molar-refractivity contribution is 4.43. The lowest BCUT2D eigenvalue weighted by molar-refractivity contribution is 0.198. The molecule has 58 valence electrons. The van der Waals surface area contributed by atoms with Gasteiger partial charge in [0.15, 0.2) is 0 Å². The lowest BCUT2D eigenvalue weighted by Gasteiger charge is -1.76. The van der Waals surface area contributed by atoms with Gasteiger partial charge in [-0.3, -0.25) is 0 Å². The minimum atomic E-state index is 0. The monoisotopic (exact) mass is 136 g/mol. The normalized spacial score (nSPS) is 15.3. The summed E-state index contributed by atoms with van der Waals surface area (Å²) < 4.78 is 4.94. The van der Waals surface area contributed by atoms with Crippen LogP contribution in [0.25, 0.3) is 0 Å². The molecule has 0 amide bonds. The maximum absolute atomic E-state index is 7.57. The Balaban J connectivity index is 0. The zero-order valence-electron chi connectivity index (χ0n) is 5.89. The van der Waals surface area contributed by atoms with Crippen LogP contribution >= 0.6 is 0 Å². The lowest BCUT2D eigenvalue weighted by atomic mass is 10.4. The third-order valence-corrected chi connectivity index (χ3v) is 0.827. The van der Waals surface area contributed by atoms with Gasteiger partial charge in [0.05, 0.1) is 0 Å². The van der Waals surface area contributed by atoms with E-state index >= 15 is 0 Å². The van der Waals surface area contributed by atoms with E-state index in [1.54, 1.807) is 6.92 Å². The van der Waals surface area contributed by atoms with Crippen LogP contribution < -0.4 is 0 Å². The van der Waals surface area contributed by atoms with Gasteiger partial charge in [0.25, 0.3) is 0 Å². The van der Waals surface area contributed by atoms with Gasteiger partial charge >= 0.3 is 0 Å². The van der Waals surface area contributed by atoms with Crippen molar-refractivity contribution in [3.8, 4) is 0 Å². The Hall–Kier alpha value is -0.120. The number of ether oxygens (including phenoxy) is 1. The van der Waals surface area contributed by atoms with Crippen LogP contribution in [-0.2, 0) is 4.74 Å². The SMILES string of the molecule is C1CCOC1.CCO.O. The van der Waals surface area contributed by atoms with Crippen LogP contribution in [0.2, 0.25) is 0 Å². The molecule has 0 atom stereocenters. The minimum Gasteiger partial charge on any atom is -0.412 e. The molecule has 1 aliphatic heterocycles. The van der Waals surface area contributed by atoms with Crippen LogP contribution in [0.4, 0.5) is 0 Å². The van der Waals surface area contributed by atoms with Crippen molar-refractivity contribution in [1.82, 2.24) is 0 Å². The molecule has 1 fully saturated rings. The average molecular weight is 136 g/mol. The highest BCUT2D eigenvalue weighted by Crippen LogP contribution is 1.98. The number of rotatable bonds is 0. The molecule has 0 aromatic carbocycles. The van der Waals surface area contributed by atoms with E-state index in [1.807, 2.05) is 0 Å². The summed E-state index contributed by atoms with van der Waals surface area (Å²) >= 11 is 0. The molecule has 0 aromatic heterocycles. The lowest BCUT2D eigenvalue weighted by Crippen LogP contribution is -1.74. The van der Waals surface area contributed by atoms with Gasteiger partial charge in [-0.1, -0.05) is 0 Å². The van der Waals surface area contributed by atoms with E-state index in [0.29, 0.717) is 0 Å². The molecule has 1 aliphatic rings. The highest BCUT2D eigenvalue weighted by Gasteiger charge is 1.94. The molecule has 3 N–H and O–H groups in total. The molecule has 0 aliphatic carbocycles. The molecule has 1 saturated heterocycles. The van der Waals surface area contributed by atoms with Crippen molar-refractivity contribution in [2.24, 2.45) is 0 Å². The Morgan fingerprint density at radius 1 is 1.33 bits per heavy atom. The number of aliphatic hydroxyl groups excluding tert-OH is 1. The van der Waals surface area contributed by atoms with Crippen molar-refractivity contribution >= 4 is 0 Å². The van der Waals surface area contributed by atoms with Crippen LogP contribution in [0.15, 0.2) is 0 Å². The molecule has 1 rings (SSSR count). The van der Waals surface area contributed by atoms with Gasteiger partial charge in [0.2, 0.25) is 0 Å². The summed E-state index contributed by atoms with van der Waals surface area (Å²) in [5.74, 6) is 0. The molecule has 0 radical (unpaired) electrons. The first kappa shape index (κ1) is 11.6. The fraction of sp³-hybridized carbons (Fsp3) is 1.00. The van der Waals surface area contributed by atoms with E-state index in [1.165, 1.54) is 12.8 Å². The quantitative estimate of drug-likeness (QED) is 0.508.